The van der Waals surface area contributed by atoms with Gasteiger partial charge in [-0.3, -0.25) is 9.59 Å². The summed E-state index contributed by atoms with van der Waals surface area (Å²) < 4.78 is 28.8. The SMILES string of the molecule is CNC(=O)c1cc(F)c(CC(CNC(=O)[C@@H]2C[C@]2(C)c2ccccc2)N(C)C)cc1F. The van der Waals surface area contributed by atoms with Crippen LogP contribution < -0.4 is 10.6 Å². The summed E-state index contributed by atoms with van der Waals surface area (Å²) in [5.41, 5.74) is 0.822. The van der Waals surface area contributed by atoms with Gasteiger partial charge in [0.15, 0.2) is 0 Å². The molecule has 0 aromatic heterocycles. The van der Waals surface area contributed by atoms with Crippen molar-refractivity contribution in [2.45, 2.75) is 31.2 Å². The fraction of sp³-hybridized carbons (Fsp3) is 0.417. The number of halogens is 2. The number of carbonyl (C=O) groups excluding carboxylic acids is 2. The number of likely N-dealkylation sites (N-methyl/N-ethyl adjacent to an activating group) is 1. The summed E-state index contributed by atoms with van der Waals surface area (Å²) in [7, 11) is 5.02. The number of hydrogen-bond donors (Lipinski definition) is 2. The molecule has 166 valence electrons. The summed E-state index contributed by atoms with van der Waals surface area (Å²) >= 11 is 0. The van der Waals surface area contributed by atoms with Crippen LogP contribution in [0.2, 0.25) is 0 Å². The molecule has 3 rings (SSSR count). The van der Waals surface area contributed by atoms with E-state index >= 15 is 0 Å². The van der Waals surface area contributed by atoms with Gasteiger partial charge in [-0.1, -0.05) is 37.3 Å². The van der Waals surface area contributed by atoms with Crippen LogP contribution in [0.15, 0.2) is 42.5 Å². The van der Waals surface area contributed by atoms with Crippen molar-refractivity contribution in [3.8, 4) is 0 Å². The van der Waals surface area contributed by atoms with Gasteiger partial charge in [-0.2, -0.15) is 0 Å². The third-order valence-corrected chi connectivity index (χ3v) is 6.29. The molecular weight excluding hydrogens is 400 g/mol. The highest BCUT2D eigenvalue weighted by Gasteiger charge is 2.55. The number of amides is 2. The standard InChI is InChI=1S/C24H29F2N3O2/c1-24(16-8-6-5-7-9-16)13-19(24)23(31)28-14-17(29(3)4)10-15-11-21(26)18(12-20(15)25)22(30)27-2/h5-9,11-12,17,19H,10,13-14H2,1-4H3,(H,27,30)(H,28,31)/t17?,19-,24+/m0/s1. The molecule has 1 aliphatic carbocycles. The lowest BCUT2D eigenvalue weighted by Crippen LogP contribution is -2.42. The molecule has 0 bridgehead atoms. The summed E-state index contributed by atoms with van der Waals surface area (Å²) in [6.45, 7) is 2.40. The van der Waals surface area contributed by atoms with Gasteiger partial charge < -0.3 is 15.5 Å². The van der Waals surface area contributed by atoms with Crippen LogP contribution >= 0.6 is 0 Å². The van der Waals surface area contributed by atoms with Crippen molar-refractivity contribution in [2.24, 2.45) is 5.92 Å². The zero-order valence-corrected chi connectivity index (χ0v) is 18.3. The second-order valence-corrected chi connectivity index (χ2v) is 8.61. The molecule has 0 heterocycles. The average molecular weight is 430 g/mol. The van der Waals surface area contributed by atoms with Crippen molar-refractivity contribution < 1.29 is 18.4 Å². The molecule has 0 spiro atoms. The Morgan fingerprint density at radius 3 is 2.45 bits per heavy atom. The molecule has 0 aliphatic heterocycles. The second kappa shape index (κ2) is 9.14. The zero-order chi connectivity index (χ0) is 22.8. The van der Waals surface area contributed by atoms with E-state index in [4.69, 9.17) is 0 Å². The number of benzene rings is 2. The van der Waals surface area contributed by atoms with Crippen LogP contribution in [0.4, 0.5) is 8.78 Å². The molecule has 2 aromatic carbocycles. The number of nitrogens with zero attached hydrogens (tertiary/aromatic N) is 1. The van der Waals surface area contributed by atoms with Crippen molar-refractivity contribution >= 4 is 11.8 Å². The fourth-order valence-electron chi connectivity index (χ4n) is 3.97. The predicted molar refractivity (Wildman–Crippen MR) is 116 cm³/mol. The molecule has 7 heteroatoms. The Labute approximate surface area is 181 Å². The van der Waals surface area contributed by atoms with Crippen molar-refractivity contribution in [1.29, 1.82) is 0 Å². The lowest BCUT2D eigenvalue weighted by molar-refractivity contribution is -0.122. The maximum Gasteiger partial charge on any atom is 0.254 e. The summed E-state index contributed by atoms with van der Waals surface area (Å²) in [6.07, 6.45) is 0.987. The molecule has 3 atom stereocenters. The second-order valence-electron chi connectivity index (χ2n) is 8.61. The first-order chi connectivity index (χ1) is 14.7. The fourth-order valence-corrected chi connectivity index (χ4v) is 3.97. The van der Waals surface area contributed by atoms with Crippen LogP contribution in [-0.4, -0.2) is 50.4 Å². The molecule has 1 aliphatic rings. The Balaban J connectivity index is 1.64. The first-order valence-corrected chi connectivity index (χ1v) is 10.4. The van der Waals surface area contributed by atoms with Gasteiger partial charge in [-0.05, 0) is 50.2 Å². The minimum atomic E-state index is -0.770. The van der Waals surface area contributed by atoms with Crippen LogP contribution in [0.5, 0.6) is 0 Å². The number of carbonyl (C=O) groups is 2. The van der Waals surface area contributed by atoms with Gasteiger partial charge in [-0.15, -0.1) is 0 Å². The quantitative estimate of drug-likeness (QED) is 0.678. The Hall–Kier alpha value is -2.80. The zero-order valence-electron chi connectivity index (χ0n) is 18.3. The highest BCUT2D eigenvalue weighted by Crippen LogP contribution is 2.53. The van der Waals surface area contributed by atoms with Gasteiger partial charge in [0.05, 0.1) is 5.56 Å². The Kier molecular flexibility index (Phi) is 6.74. The van der Waals surface area contributed by atoms with Gasteiger partial charge >= 0.3 is 0 Å². The molecule has 0 radical (unpaired) electrons. The Morgan fingerprint density at radius 2 is 1.84 bits per heavy atom. The summed E-state index contributed by atoms with van der Waals surface area (Å²) in [5, 5.41) is 5.28. The van der Waals surface area contributed by atoms with Gasteiger partial charge in [0, 0.05) is 31.0 Å². The minimum absolute atomic E-state index is 0.0279. The largest absolute Gasteiger partial charge is 0.355 e. The van der Waals surface area contributed by atoms with Gasteiger partial charge in [0.1, 0.15) is 11.6 Å². The molecule has 2 N–H and O–H groups in total. The van der Waals surface area contributed by atoms with Gasteiger partial charge in [0.25, 0.3) is 5.91 Å². The number of nitrogens with one attached hydrogen (secondary N) is 2. The molecule has 1 fully saturated rings. The third-order valence-electron chi connectivity index (χ3n) is 6.29. The highest BCUT2D eigenvalue weighted by molar-refractivity contribution is 5.94. The van der Waals surface area contributed by atoms with E-state index in [0.29, 0.717) is 6.54 Å². The van der Waals surface area contributed by atoms with E-state index in [9.17, 15) is 18.4 Å². The van der Waals surface area contributed by atoms with Crippen molar-refractivity contribution in [3.63, 3.8) is 0 Å². The summed E-state index contributed by atoms with van der Waals surface area (Å²) in [6, 6.07) is 11.7. The van der Waals surface area contributed by atoms with E-state index in [1.807, 2.05) is 49.3 Å². The maximum absolute atomic E-state index is 14.5. The molecule has 1 saturated carbocycles. The average Bonchev–Trinajstić information content (AvgIpc) is 3.45. The van der Waals surface area contributed by atoms with E-state index in [-0.39, 0.29) is 40.8 Å². The normalized spacial score (nSPS) is 20.9. The van der Waals surface area contributed by atoms with Crippen molar-refractivity contribution in [3.05, 3.63) is 70.8 Å². The molecule has 2 aromatic rings. The van der Waals surface area contributed by atoms with Crippen molar-refractivity contribution in [1.82, 2.24) is 15.5 Å². The van der Waals surface area contributed by atoms with E-state index in [1.54, 1.807) is 0 Å². The van der Waals surface area contributed by atoms with Gasteiger partial charge in [-0.25, -0.2) is 8.78 Å². The van der Waals surface area contributed by atoms with Gasteiger partial charge in [0.2, 0.25) is 5.91 Å². The van der Waals surface area contributed by atoms with E-state index < -0.39 is 17.5 Å². The third kappa shape index (κ3) is 4.93. The Morgan fingerprint density at radius 1 is 1.16 bits per heavy atom. The molecule has 0 saturated heterocycles. The van der Waals surface area contributed by atoms with Crippen LogP contribution in [0.3, 0.4) is 0 Å². The topological polar surface area (TPSA) is 61.4 Å². The minimum Gasteiger partial charge on any atom is -0.355 e. The first-order valence-electron chi connectivity index (χ1n) is 10.4. The highest BCUT2D eigenvalue weighted by atomic mass is 19.1. The summed E-state index contributed by atoms with van der Waals surface area (Å²) in [5.74, 6) is -2.21. The van der Waals surface area contributed by atoms with Crippen LogP contribution in [0, 0.1) is 17.6 Å². The van der Waals surface area contributed by atoms with Crippen LogP contribution in [0.25, 0.3) is 0 Å². The lowest BCUT2D eigenvalue weighted by Gasteiger charge is -2.25. The monoisotopic (exact) mass is 429 g/mol. The lowest BCUT2D eigenvalue weighted by atomic mass is 9.95. The van der Waals surface area contributed by atoms with Crippen LogP contribution in [0.1, 0.15) is 34.8 Å². The Bertz CT molecular complexity index is 965. The predicted octanol–water partition coefficient (Wildman–Crippen LogP) is 2.89. The molecule has 5 nitrogen and oxygen atoms in total. The molecule has 2 amide bonds. The maximum atomic E-state index is 14.5. The van der Waals surface area contributed by atoms with E-state index in [0.717, 1.165) is 24.1 Å². The van der Waals surface area contributed by atoms with Crippen molar-refractivity contribution in [2.75, 3.05) is 27.7 Å². The summed E-state index contributed by atoms with van der Waals surface area (Å²) in [4.78, 5) is 26.3. The molecule has 31 heavy (non-hydrogen) atoms. The van der Waals surface area contributed by atoms with E-state index in [2.05, 4.69) is 17.6 Å². The first kappa shape index (κ1) is 22.9. The molecule has 1 unspecified atom stereocenters. The van der Waals surface area contributed by atoms with E-state index in [1.165, 1.54) is 7.05 Å². The number of hydrogen-bond acceptors (Lipinski definition) is 3. The molecular formula is C24H29F2N3O2. The number of rotatable bonds is 8. The smallest absolute Gasteiger partial charge is 0.254 e. The van der Waals surface area contributed by atoms with Crippen LogP contribution in [-0.2, 0) is 16.6 Å².